The molecule has 3 aromatic rings. The van der Waals surface area contributed by atoms with Crippen LogP contribution in [0.15, 0.2) is 59.1 Å². The average Bonchev–Trinajstić information content (AvgIpc) is 3.17. The molecule has 0 saturated carbocycles. The first-order chi connectivity index (χ1) is 14.7. The van der Waals surface area contributed by atoms with Crippen molar-refractivity contribution in [2.24, 2.45) is 0 Å². The van der Waals surface area contributed by atoms with Crippen LogP contribution in [0, 0.1) is 0 Å². The number of aryl methyl sites for hydroxylation is 1. The number of carbonyl (C=O) groups is 1. The molecular weight excluding hydrogens is 418 g/mol. The van der Waals surface area contributed by atoms with Crippen LogP contribution in [0.5, 0.6) is 0 Å². The number of nitrogens with zero attached hydrogens (tertiary/aromatic N) is 5. The SMILES string of the molecule is CCOC(=O)C(CC)Sc1nnc(CSc2ncccn2)n1CCc1ccccc1. The van der Waals surface area contributed by atoms with Crippen molar-refractivity contribution in [3.05, 3.63) is 60.2 Å². The van der Waals surface area contributed by atoms with Gasteiger partial charge in [0, 0.05) is 18.9 Å². The van der Waals surface area contributed by atoms with Crippen LogP contribution in [0.25, 0.3) is 0 Å². The molecular formula is C21H25N5O2S2. The van der Waals surface area contributed by atoms with Gasteiger partial charge >= 0.3 is 5.97 Å². The summed E-state index contributed by atoms with van der Waals surface area (Å²) in [5, 5.41) is 9.91. The minimum atomic E-state index is -0.303. The van der Waals surface area contributed by atoms with Crippen molar-refractivity contribution in [1.29, 1.82) is 0 Å². The highest BCUT2D eigenvalue weighted by atomic mass is 32.2. The van der Waals surface area contributed by atoms with Crippen molar-refractivity contribution in [1.82, 2.24) is 24.7 Å². The number of aromatic nitrogens is 5. The summed E-state index contributed by atoms with van der Waals surface area (Å²) in [5.41, 5.74) is 1.24. The van der Waals surface area contributed by atoms with E-state index >= 15 is 0 Å². The van der Waals surface area contributed by atoms with Gasteiger partial charge in [-0.3, -0.25) is 4.79 Å². The molecule has 158 valence electrons. The number of esters is 1. The summed E-state index contributed by atoms with van der Waals surface area (Å²) >= 11 is 2.93. The number of hydrogen-bond acceptors (Lipinski definition) is 8. The van der Waals surface area contributed by atoms with Crippen molar-refractivity contribution in [2.45, 2.75) is 54.5 Å². The van der Waals surface area contributed by atoms with E-state index in [4.69, 9.17) is 4.74 Å². The molecule has 0 aliphatic carbocycles. The van der Waals surface area contributed by atoms with E-state index in [9.17, 15) is 4.79 Å². The van der Waals surface area contributed by atoms with Crippen LogP contribution in [0.2, 0.25) is 0 Å². The first-order valence-corrected chi connectivity index (χ1v) is 11.8. The van der Waals surface area contributed by atoms with Crippen LogP contribution < -0.4 is 0 Å². The zero-order chi connectivity index (χ0) is 21.2. The number of ether oxygens (including phenoxy) is 1. The number of thioether (sulfide) groups is 2. The molecule has 0 amide bonds. The molecule has 3 rings (SSSR count). The molecule has 1 atom stereocenters. The minimum absolute atomic E-state index is 0.212. The molecule has 0 saturated heterocycles. The molecule has 0 N–H and O–H groups in total. The molecule has 1 aromatic carbocycles. The molecule has 2 heterocycles. The standard InChI is InChI=1S/C21H25N5O2S2/c1-3-17(19(27)28-4-2)30-21-25-24-18(15-29-20-22-12-8-13-23-20)26(21)14-11-16-9-6-5-7-10-16/h5-10,12-13,17H,3-4,11,14-15H2,1-2H3. The molecule has 0 radical (unpaired) electrons. The Kier molecular flexibility index (Phi) is 8.70. The Labute approximate surface area is 185 Å². The highest BCUT2D eigenvalue weighted by Gasteiger charge is 2.23. The summed E-state index contributed by atoms with van der Waals surface area (Å²) in [5.74, 6) is 1.23. The van der Waals surface area contributed by atoms with Gasteiger partial charge in [0.2, 0.25) is 0 Å². The van der Waals surface area contributed by atoms with Gasteiger partial charge in [-0.15, -0.1) is 10.2 Å². The smallest absolute Gasteiger partial charge is 0.319 e. The molecule has 30 heavy (non-hydrogen) atoms. The second-order valence-corrected chi connectivity index (χ2v) is 8.49. The predicted molar refractivity (Wildman–Crippen MR) is 118 cm³/mol. The third-order valence-electron chi connectivity index (χ3n) is 4.30. The molecule has 7 nitrogen and oxygen atoms in total. The van der Waals surface area contributed by atoms with Gasteiger partial charge in [0.25, 0.3) is 0 Å². The first kappa shape index (κ1) is 22.3. The van der Waals surface area contributed by atoms with Gasteiger partial charge < -0.3 is 9.30 Å². The largest absolute Gasteiger partial charge is 0.465 e. The molecule has 9 heteroatoms. The second kappa shape index (κ2) is 11.7. The van der Waals surface area contributed by atoms with Crippen molar-refractivity contribution >= 4 is 29.5 Å². The lowest BCUT2D eigenvalue weighted by molar-refractivity contribution is -0.142. The third-order valence-corrected chi connectivity index (χ3v) is 6.50. The van der Waals surface area contributed by atoms with E-state index in [1.54, 1.807) is 18.5 Å². The molecule has 0 aliphatic heterocycles. The zero-order valence-electron chi connectivity index (χ0n) is 17.1. The lowest BCUT2D eigenvalue weighted by atomic mass is 10.1. The van der Waals surface area contributed by atoms with Crippen LogP contribution in [0.1, 0.15) is 31.7 Å². The fraction of sp³-hybridized carbons (Fsp3) is 0.381. The summed E-state index contributed by atoms with van der Waals surface area (Å²) in [7, 11) is 0. The van der Waals surface area contributed by atoms with E-state index in [-0.39, 0.29) is 11.2 Å². The van der Waals surface area contributed by atoms with E-state index in [1.165, 1.54) is 29.1 Å². The third kappa shape index (κ3) is 6.30. The normalized spacial score (nSPS) is 11.9. The second-order valence-electron chi connectivity index (χ2n) is 6.37. The quantitative estimate of drug-likeness (QED) is 0.249. The van der Waals surface area contributed by atoms with E-state index in [1.807, 2.05) is 32.0 Å². The Bertz CT molecular complexity index is 922. The molecule has 2 aromatic heterocycles. The van der Waals surface area contributed by atoms with E-state index in [0.717, 1.165) is 23.9 Å². The molecule has 0 spiro atoms. The highest BCUT2D eigenvalue weighted by molar-refractivity contribution is 8.00. The highest BCUT2D eigenvalue weighted by Crippen LogP contribution is 2.28. The van der Waals surface area contributed by atoms with Crippen LogP contribution in [-0.2, 0) is 28.2 Å². The minimum Gasteiger partial charge on any atom is -0.465 e. The molecule has 0 aliphatic rings. The van der Waals surface area contributed by atoms with Crippen LogP contribution in [-0.4, -0.2) is 42.6 Å². The van der Waals surface area contributed by atoms with Gasteiger partial charge in [-0.2, -0.15) is 0 Å². The maximum absolute atomic E-state index is 12.3. The number of benzene rings is 1. The van der Waals surface area contributed by atoms with E-state index in [0.29, 0.717) is 23.9 Å². The molecule has 1 unspecified atom stereocenters. The topological polar surface area (TPSA) is 82.8 Å². The number of hydrogen-bond donors (Lipinski definition) is 0. The average molecular weight is 444 g/mol. The van der Waals surface area contributed by atoms with Crippen LogP contribution in [0.3, 0.4) is 0 Å². The number of rotatable bonds is 11. The Morgan fingerprint density at radius 1 is 1.10 bits per heavy atom. The Morgan fingerprint density at radius 3 is 2.57 bits per heavy atom. The summed E-state index contributed by atoms with van der Waals surface area (Å²) in [6.45, 7) is 4.89. The monoisotopic (exact) mass is 443 g/mol. The van der Waals surface area contributed by atoms with Gasteiger partial charge in [0.05, 0.1) is 12.4 Å². The Morgan fingerprint density at radius 2 is 1.87 bits per heavy atom. The first-order valence-electron chi connectivity index (χ1n) is 9.90. The van der Waals surface area contributed by atoms with Crippen LogP contribution in [0.4, 0.5) is 0 Å². The Hall–Kier alpha value is -2.39. The van der Waals surface area contributed by atoms with Crippen molar-refractivity contribution in [3.8, 4) is 0 Å². The summed E-state index contributed by atoms with van der Waals surface area (Å²) < 4.78 is 7.30. The predicted octanol–water partition coefficient (Wildman–Crippen LogP) is 4.04. The van der Waals surface area contributed by atoms with Crippen LogP contribution >= 0.6 is 23.5 Å². The lowest BCUT2D eigenvalue weighted by Gasteiger charge is -2.14. The van der Waals surface area contributed by atoms with Crippen molar-refractivity contribution in [2.75, 3.05) is 6.61 Å². The van der Waals surface area contributed by atoms with Crippen molar-refractivity contribution in [3.63, 3.8) is 0 Å². The number of carbonyl (C=O) groups excluding carboxylic acids is 1. The summed E-state index contributed by atoms with van der Waals surface area (Å²) in [4.78, 5) is 20.8. The molecule has 0 bridgehead atoms. The van der Waals surface area contributed by atoms with Crippen molar-refractivity contribution < 1.29 is 9.53 Å². The van der Waals surface area contributed by atoms with E-state index in [2.05, 4.69) is 36.9 Å². The fourth-order valence-electron chi connectivity index (χ4n) is 2.77. The van der Waals surface area contributed by atoms with Gasteiger partial charge in [0.15, 0.2) is 10.3 Å². The molecule has 0 fully saturated rings. The lowest BCUT2D eigenvalue weighted by Crippen LogP contribution is -2.20. The van der Waals surface area contributed by atoms with Gasteiger partial charge in [-0.1, -0.05) is 60.8 Å². The summed E-state index contributed by atoms with van der Waals surface area (Å²) in [6, 6.07) is 12.1. The van der Waals surface area contributed by atoms with E-state index < -0.39 is 0 Å². The van der Waals surface area contributed by atoms with Gasteiger partial charge in [-0.05, 0) is 31.4 Å². The Balaban J connectivity index is 1.78. The summed E-state index contributed by atoms with van der Waals surface area (Å²) in [6.07, 6.45) is 4.96. The zero-order valence-corrected chi connectivity index (χ0v) is 18.7. The van der Waals surface area contributed by atoms with Gasteiger partial charge in [0.1, 0.15) is 11.1 Å². The fourth-order valence-corrected chi connectivity index (χ4v) is 4.51. The maximum atomic E-state index is 12.3. The maximum Gasteiger partial charge on any atom is 0.319 e. The van der Waals surface area contributed by atoms with Gasteiger partial charge in [-0.25, -0.2) is 9.97 Å².